The van der Waals surface area contributed by atoms with Crippen LogP contribution in [0.15, 0.2) is 48.5 Å². The van der Waals surface area contributed by atoms with Gasteiger partial charge in [0.15, 0.2) is 0 Å². The van der Waals surface area contributed by atoms with Crippen molar-refractivity contribution in [3.05, 3.63) is 59.7 Å². The molecule has 0 unspecified atom stereocenters. The van der Waals surface area contributed by atoms with Crippen molar-refractivity contribution in [3.8, 4) is 17.0 Å². The summed E-state index contributed by atoms with van der Waals surface area (Å²) in [4.78, 5) is 16.5. The van der Waals surface area contributed by atoms with E-state index in [1.165, 1.54) is 0 Å². The summed E-state index contributed by atoms with van der Waals surface area (Å²) < 4.78 is 5.16. The van der Waals surface area contributed by atoms with Crippen LogP contribution in [-0.2, 0) is 0 Å². The first kappa shape index (κ1) is 14.5. The molecule has 3 aromatic rings. The molecule has 0 bridgehead atoms. The number of halogens is 1. The van der Waals surface area contributed by atoms with Crippen molar-refractivity contribution >= 4 is 27.7 Å². The van der Waals surface area contributed by atoms with Gasteiger partial charge in [-0.1, -0.05) is 18.2 Å². The van der Waals surface area contributed by atoms with Crippen molar-refractivity contribution in [2.75, 3.05) is 7.11 Å². The van der Waals surface area contributed by atoms with Gasteiger partial charge in [-0.05, 0) is 54.4 Å². The third-order valence-corrected chi connectivity index (χ3v) is 3.84. The van der Waals surface area contributed by atoms with Gasteiger partial charge in [0.2, 0.25) is 0 Å². The highest BCUT2D eigenvalue weighted by Crippen LogP contribution is 2.28. The zero-order chi connectivity index (χ0) is 15.7. The minimum Gasteiger partial charge on any atom is -0.497 e. The fourth-order valence-electron chi connectivity index (χ4n) is 2.46. The van der Waals surface area contributed by atoms with Gasteiger partial charge < -0.3 is 4.74 Å². The standard InChI is InChI=1S/C18H14ClNO2/c1-11-4-3-5-14-15(18(19)21)10-16(20-17(11)14)12-6-8-13(22-2)9-7-12/h3-10H,1-2H3. The average Bonchev–Trinajstić information content (AvgIpc) is 2.54. The highest BCUT2D eigenvalue weighted by atomic mass is 35.5. The molecule has 2 aromatic carbocycles. The van der Waals surface area contributed by atoms with Gasteiger partial charge in [-0.2, -0.15) is 0 Å². The number of hydrogen-bond donors (Lipinski definition) is 0. The van der Waals surface area contributed by atoms with E-state index < -0.39 is 5.24 Å². The van der Waals surface area contributed by atoms with E-state index in [1.54, 1.807) is 13.2 Å². The summed E-state index contributed by atoms with van der Waals surface area (Å²) in [5.74, 6) is 0.773. The Morgan fingerprint density at radius 1 is 1.14 bits per heavy atom. The third kappa shape index (κ3) is 2.55. The molecule has 22 heavy (non-hydrogen) atoms. The van der Waals surface area contributed by atoms with E-state index in [0.717, 1.165) is 27.8 Å². The Morgan fingerprint density at radius 2 is 1.86 bits per heavy atom. The lowest BCUT2D eigenvalue weighted by molar-refractivity contribution is 0.108. The molecule has 0 aliphatic carbocycles. The highest BCUT2D eigenvalue weighted by Gasteiger charge is 2.13. The summed E-state index contributed by atoms with van der Waals surface area (Å²) in [7, 11) is 1.62. The lowest BCUT2D eigenvalue weighted by Crippen LogP contribution is -1.97. The van der Waals surface area contributed by atoms with Crippen LogP contribution in [0.2, 0.25) is 0 Å². The quantitative estimate of drug-likeness (QED) is 0.664. The molecule has 0 N–H and O–H groups in total. The largest absolute Gasteiger partial charge is 0.497 e. The SMILES string of the molecule is COc1ccc(-c2cc(C(=O)Cl)c3cccc(C)c3n2)cc1. The molecular formula is C18H14ClNO2. The summed E-state index contributed by atoms with van der Waals surface area (Å²) in [6.07, 6.45) is 0. The lowest BCUT2D eigenvalue weighted by atomic mass is 10.0. The molecule has 110 valence electrons. The second kappa shape index (κ2) is 5.78. The number of aryl methyl sites for hydroxylation is 1. The van der Waals surface area contributed by atoms with Crippen molar-refractivity contribution in [3.63, 3.8) is 0 Å². The maximum atomic E-state index is 11.8. The minimum atomic E-state index is -0.479. The summed E-state index contributed by atoms with van der Waals surface area (Å²) in [6, 6.07) is 15.0. The van der Waals surface area contributed by atoms with Gasteiger partial charge in [0.1, 0.15) is 5.75 Å². The molecule has 0 spiro atoms. The van der Waals surface area contributed by atoms with Crippen LogP contribution in [0.3, 0.4) is 0 Å². The normalized spacial score (nSPS) is 10.7. The second-order valence-electron chi connectivity index (χ2n) is 5.03. The number of methoxy groups -OCH3 is 1. The van der Waals surface area contributed by atoms with Crippen LogP contribution < -0.4 is 4.74 Å². The van der Waals surface area contributed by atoms with Crippen molar-refractivity contribution in [1.82, 2.24) is 4.98 Å². The van der Waals surface area contributed by atoms with Crippen molar-refractivity contribution < 1.29 is 9.53 Å². The maximum Gasteiger partial charge on any atom is 0.253 e. The Labute approximate surface area is 133 Å². The third-order valence-electron chi connectivity index (χ3n) is 3.64. The number of carbonyl (C=O) groups excluding carboxylic acids is 1. The van der Waals surface area contributed by atoms with E-state index >= 15 is 0 Å². The zero-order valence-electron chi connectivity index (χ0n) is 12.3. The first-order valence-corrected chi connectivity index (χ1v) is 7.22. The lowest BCUT2D eigenvalue weighted by Gasteiger charge is -2.09. The highest BCUT2D eigenvalue weighted by molar-refractivity contribution is 6.68. The van der Waals surface area contributed by atoms with Crippen LogP contribution in [0.25, 0.3) is 22.2 Å². The molecule has 3 nitrogen and oxygen atoms in total. The Morgan fingerprint density at radius 3 is 2.50 bits per heavy atom. The van der Waals surface area contributed by atoms with E-state index in [1.807, 2.05) is 49.4 Å². The van der Waals surface area contributed by atoms with E-state index in [4.69, 9.17) is 21.3 Å². The molecule has 1 heterocycles. The van der Waals surface area contributed by atoms with E-state index in [2.05, 4.69) is 0 Å². The van der Waals surface area contributed by atoms with Gasteiger partial charge in [-0.3, -0.25) is 4.79 Å². The van der Waals surface area contributed by atoms with Crippen LogP contribution >= 0.6 is 11.6 Å². The van der Waals surface area contributed by atoms with Crippen LogP contribution in [0.5, 0.6) is 5.75 Å². The van der Waals surface area contributed by atoms with Gasteiger partial charge in [0.25, 0.3) is 5.24 Å². The second-order valence-corrected chi connectivity index (χ2v) is 5.37. The maximum absolute atomic E-state index is 11.8. The number of para-hydroxylation sites is 1. The molecule has 0 aliphatic rings. The van der Waals surface area contributed by atoms with E-state index in [-0.39, 0.29) is 0 Å². The molecule has 0 amide bonds. The molecule has 0 saturated carbocycles. The number of ether oxygens (including phenoxy) is 1. The fourth-order valence-corrected chi connectivity index (χ4v) is 2.62. The Bertz CT molecular complexity index is 857. The predicted octanol–water partition coefficient (Wildman–Crippen LogP) is 4.60. The van der Waals surface area contributed by atoms with Crippen LogP contribution in [0.1, 0.15) is 15.9 Å². The Balaban J connectivity index is 2.25. The number of benzene rings is 2. The van der Waals surface area contributed by atoms with Gasteiger partial charge in [0.05, 0.1) is 18.3 Å². The molecule has 0 fully saturated rings. The number of fused-ring (bicyclic) bond motifs is 1. The summed E-state index contributed by atoms with van der Waals surface area (Å²) >= 11 is 5.75. The summed E-state index contributed by atoms with van der Waals surface area (Å²) in [5.41, 5.74) is 3.90. The van der Waals surface area contributed by atoms with Crippen LogP contribution in [-0.4, -0.2) is 17.3 Å². The van der Waals surface area contributed by atoms with E-state index in [0.29, 0.717) is 11.3 Å². The zero-order valence-corrected chi connectivity index (χ0v) is 13.0. The van der Waals surface area contributed by atoms with Crippen molar-refractivity contribution in [2.45, 2.75) is 6.92 Å². The van der Waals surface area contributed by atoms with Gasteiger partial charge >= 0.3 is 0 Å². The molecule has 1 aromatic heterocycles. The number of aromatic nitrogens is 1. The first-order chi connectivity index (χ1) is 10.6. The first-order valence-electron chi connectivity index (χ1n) is 6.85. The predicted molar refractivity (Wildman–Crippen MR) is 88.7 cm³/mol. The summed E-state index contributed by atoms with van der Waals surface area (Å²) in [5, 5.41) is 0.296. The van der Waals surface area contributed by atoms with Crippen molar-refractivity contribution in [1.29, 1.82) is 0 Å². The topological polar surface area (TPSA) is 39.2 Å². The number of rotatable bonds is 3. The average molecular weight is 312 g/mol. The number of carbonyl (C=O) groups is 1. The summed E-state index contributed by atoms with van der Waals surface area (Å²) in [6.45, 7) is 1.97. The fraction of sp³-hybridized carbons (Fsp3) is 0.111. The number of nitrogens with zero attached hydrogens (tertiary/aromatic N) is 1. The van der Waals surface area contributed by atoms with Crippen LogP contribution in [0, 0.1) is 6.92 Å². The molecule has 3 rings (SSSR count). The number of pyridine rings is 1. The molecule has 0 saturated heterocycles. The monoisotopic (exact) mass is 311 g/mol. The van der Waals surface area contributed by atoms with Gasteiger partial charge in [-0.25, -0.2) is 4.98 Å². The molecule has 4 heteroatoms. The molecule has 0 radical (unpaired) electrons. The van der Waals surface area contributed by atoms with E-state index in [9.17, 15) is 4.79 Å². The van der Waals surface area contributed by atoms with Crippen LogP contribution in [0.4, 0.5) is 0 Å². The molecule has 0 atom stereocenters. The van der Waals surface area contributed by atoms with Gasteiger partial charge in [-0.15, -0.1) is 0 Å². The minimum absolute atomic E-state index is 0.473. The van der Waals surface area contributed by atoms with Gasteiger partial charge in [0, 0.05) is 16.5 Å². The van der Waals surface area contributed by atoms with Crippen molar-refractivity contribution in [2.24, 2.45) is 0 Å². The number of hydrogen-bond acceptors (Lipinski definition) is 3. The molecule has 0 aliphatic heterocycles. The Kier molecular flexibility index (Phi) is 3.82. The smallest absolute Gasteiger partial charge is 0.253 e. The molecular weight excluding hydrogens is 298 g/mol. The Hall–Kier alpha value is -2.39.